The van der Waals surface area contributed by atoms with Gasteiger partial charge in [-0.15, -0.1) is 0 Å². The third-order valence-electron chi connectivity index (χ3n) is 1.16. The van der Waals surface area contributed by atoms with Crippen LogP contribution < -0.4 is 4.18 Å². The standard InChI is InChI=1S/C7H8O2S/c1-6-2-4-7(5-3-6)9-10-8/h2-5,10H,1H3. The molecular formula is C7H8O2S. The molecule has 0 spiro atoms. The summed E-state index contributed by atoms with van der Waals surface area (Å²) in [5, 5.41) is 0. The molecule has 0 unspecified atom stereocenters. The van der Waals surface area contributed by atoms with Crippen molar-refractivity contribution in [2.24, 2.45) is 0 Å². The zero-order valence-corrected chi connectivity index (χ0v) is 6.47. The maximum atomic E-state index is 9.93. The van der Waals surface area contributed by atoms with Crippen LogP contribution in [0.5, 0.6) is 5.75 Å². The Balaban J connectivity index is 2.78. The van der Waals surface area contributed by atoms with E-state index in [0.29, 0.717) is 5.75 Å². The average molecular weight is 156 g/mol. The van der Waals surface area contributed by atoms with Crippen LogP contribution in [0.25, 0.3) is 0 Å². The second kappa shape index (κ2) is 3.37. The number of aryl methyl sites for hydroxylation is 1. The van der Waals surface area contributed by atoms with Crippen LogP contribution in [0.3, 0.4) is 0 Å². The average Bonchev–Trinajstić information content (AvgIpc) is 1.95. The van der Waals surface area contributed by atoms with Crippen molar-refractivity contribution in [1.29, 1.82) is 0 Å². The lowest BCUT2D eigenvalue weighted by atomic mass is 10.2. The lowest BCUT2D eigenvalue weighted by molar-refractivity contribution is 0.581. The topological polar surface area (TPSA) is 26.3 Å². The van der Waals surface area contributed by atoms with Crippen LogP contribution in [0, 0.1) is 6.92 Å². The van der Waals surface area contributed by atoms with Crippen molar-refractivity contribution in [3.05, 3.63) is 29.8 Å². The van der Waals surface area contributed by atoms with Crippen LogP contribution in [0.2, 0.25) is 0 Å². The van der Waals surface area contributed by atoms with Crippen molar-refractivity contribution in [3.63, 3.8) is 0 Å². The summed E-state index contributed by atoms with van der Waals surface area (Å²) in [6, 6.07) is 7.36. The maximum absolute atomic E-state index is 9.93. The van der Waals surface area contributed by atoms with E-state index in [2.05, 4.69) is 4.18 Å². The van der Waals surface area contributed by atoms with Crippen LogP contribution in [0.4, 0.5) is 0 Å². The van der Waals surface area contributed by atoms with Gasteiger partial charge in [-0.25, -0.2) is 4.21 Å². The first kappa shape index (κ1) is 7.28. The SMILES string of the molecule is Cc1ccc(O[SH]=O)cc1. The molecule has 1 aromatic carbocycles. The third-order valence-corrected chi connectivity index (χ3v) is 1.45. The summed E-state index contributed by atoms with van der Waals surface area (Å²) < 4.78 is 14.6. The van der Waals surface area contributed by atoms with E-state index >= 15 is 0 Å². The van der Waals surface area contributed by atoms with Gasteiger partial charge in [0.15, 0.2) is 11.9 Å². The minimum Gasteiger partial charge on any atom is -0.403 e. The largest absolute Gasteiger partial charge is 0.403 e. The minimum atomic E-state index is -0.304. The van der Waals surface area contributed by atoms with Gasteiger partial charge in [0.1, 0.15) is 5.75 Å². The molecule has 0 saturated heterocycles. The third kappa shape index (κ3) is 1.84. The van der Waals surface area contributed by atoms with Crippen molar-refractivity contribution in [2.75, 3.05) is 0 Å². The highest BCUT2D eigenvalue weighted by Crippen LogP contribution is 2.10. The van der Waals surface area contributed by atoms with Crippen molar-refractivity contribution < 1.29 is 8.39 Å². The normalized spacial score (nSPS) is 9.30. The summed E-state index contributed by atoms with van der Waals surface area (Å²) in [5.74, 6) is 0.627. The summed E-state index contributed by atoms with van der Waals surface area (Å²) in [6.45, 7) is 1.98. The second-order valence-electron chi connectivity index (χ2n) is 1.98. The molecular weight excluding hydrogens is 148 g/mol. The molecule has 3 heteroatoms. The molecule has 54 valence electrons. The highest BCUT2D eigenvalue weighted by Gasteiger charge is 1.88. The first-order valence-electron chi connectivity index (χ1n) is 2.89. The molecule has 0 radical (unpaired) electrons. The molecule has 0 amide bonds. The van der Waals surface area contributed by atoms with Crippen molar-refractivity contribution >= 4 is 11.9 Å². The summed E-state index contributed by atoms with van der Waals surface area (Å²) in [4.78, 5) is 0. The number of hydrogen-bond donors (Lipinski definition) is 1. The molecule has 2 nitrogen and oxygen atoms in total. The van der Waals surface area contributed by atoms with E-state index in [0.717, 1.165) is 5.56 Å². The van der Waals surface area contributed by atoms with Crippen LogP contribution in [-0.4, -0.2) is 4.21 Å². The van der Waals surface area contributed by atoms with Gasteiger partial charge in [0.25, 0.3) is 0 Å². The number of thiol groups is 1. The number of rotatable bonds is 2. The Labute approximate surface area is 63.5 Å². The number of hydrogen-bond acceptors (Lipinski definition) is 2. The van der Waals surface area contributed by atoms with Gasteiger partial charge in [-0.3, -0.25) is 0 Å². The fraction of sp³-hybridized carbons (Fsp3) is 0.143. The Kier molecular flexibility index (Phi) is 2.45. The zero-order valence-electron chi connectivity index (χ0n) is 5.57. The van der Waals surface area contributed by atoms with Gasteiger partial charge in [0.2, 0.25) is 0 Å². The molecule has 0 fully saturated rings. The summed E-state index contributed by atoms with van der Waals surface area (Å²) >= 11 is -0.304. The van der Waals surface area contributed by atoms with Gasteiger partial charge in [-0.1, -0.05) is 17.7 Å². The quantitative estimate of drug-likeness (QED) is 0.652. The van der Waals surface area contributed by atoms with Gasteiger partial charge in [-0.2, -0.15) is 0 Å². The molecule has 0 aliphatic carbocycles. The van der Waals surface area contributed by atoms with Gasteiger partial charge in [-0.05, 0) is 19.1 Å². The summed E-state index contributed by atoms with van der Waals surface area (Å²) in [5.41, 5.74) is 1.16. The Hall–Kier alpha value is -0.830. The summed E-state index contributed by atoms with van der Waals surface area (Å²) in [7, 11) is 0. The van der Waals surface area contributed by atoms with E-state index in [1.54, 1.807) is 12.1 Å². The highest BCUT2D eigenvalue weighted by atomic mass is 32.2. The van der Waals surface area contributed by atoms with Gasteiger partial charge < -0.3 is 4.18 Å². The molecule has 0 aromatic heterocycles. The predicted molar refractivity (Wildman–Crippen MR) is 41.3 cm³/mol. The Morgan fingerprint density at radius 3 is 2.40 bits per heavy atom. The highest BCUT2D eigenvalue weighted by molar-refractivity contribution is 7.60. The van der Waals surface area contributed by atoms with E-state index in [1.165, 1.54) is 0 Å². The smallest absolute Gasteiger partial charge is 0.193 e. The Morgan fingerprint density at radius 2 is 1.90 bits per heavy atom. The lowest BCUT2D eigenvalue weighted by Crippen LogP contribution is -1.82. The van der Waals surface area contributed by atoms with E-state index in [4.69, 9.17) is 0 Å². The number of benzene rings is 1. The summed E-state index contributed by atoms with van der Waals surface area (Å²) in [6.07, 6.45) is 0. The van der Waals surface area contributed by atoms with Gasteiger partial charge in [0, 0.05) is 0 Å². The molecule has 10 heavy (non-hydrogen) atoms. The van der Waals surface area contributed by atoms with Crippen molar-refractivity contribution in [3.8, 4) is 5.75 Å². The molecule has 0 atom stereocenters. The van der Waals surface area contributed by atoms with Crippen molar-refractivity contribution in [1.82, 2.24) is 0 Å². The van der Waals surface area contributed by atoms with E-state index in [-0.39, 0.29) is 11.9 Å². The lowest BCUT2D eigenvalue weighted by Gasteiger charge is -1.95. The van der Waals surface area contributed by atoms with Crippen LogP contribution >= 0.6 is 0 Å². The van der Waals surface area contributed by atoms with E-state index < -0.39 is 0 Å². The van der Waals surface area contributed by atoms with E-state index in [1.807, 2.05) is 19.1 Å². The van der Waals surface area contributed by atoms with Gasteiger partial charge >= 0.3 is 0 Å². The van der Waals surface area contributed by atoms with Crippen LogP contribution in [-0.2, 0) is 11.9 Å². The predicted octanol–water partition coefficient (Wildman–Crippen LogP) is 1.23. The van der Waals surface area contributed by atoms with Gasteiger partial charge in [0.05, 0.1) is 0 Å². The molecule has 0 aliphatic heterocycles. The zero-order chi connectivity index (χ0) is 7.40. The minimum absolute atomic E-state index is 0.304. The monoisotopic (exact) mass is 156 g/mol. The van der Waals surface area contributed by atoms with E-state index in [9.17, 15) is 4.21 Å². The maximum Gasteiger partial charge on any atom is 0.193 e. The molecule has 0 saturated carbocycles. The molecule has 0 N–H and O–H groups in total. The second-order valence-corrected chi connectivity index (χ2v) is 2.31. The molecule has 0 aliphatic rings. The molecule has 1 aromatic rings. The Morgan fingerprint density at radius 1 is 1.30 bits per heavy atom. The van der Waals surface area contributed by atoms with Crippen LogP contribution in [0.15, 0.2) is 24.3 Å². The molecule has 0 bridgehead atoms. The fourth-order valence-electron chi connectivity index (χ4n) is 0.642. The fourth-order valence-corrected chi connectivity index (χ4v) is 0.850. The van der Waals surface area contributed by atoms with Crippen LogP contribution in [0.1, 0.15) is 5.56 Å². The Bertz CT molecular complexity index is 218. The molecule has 1 rings (SSSR count). The first-order chi connectivity index (χ1) is 4.83. The molecule has 0 heterocycles. The van der Waals surface area contributed by atoms with Crippen molar-refractivity contribution in [2.45, 2.75) is 6.92 Å². The first-order valence-corrected chi connectivity index (χ1v) is 3.62.